The van der Waals surface area contributed by atoms with Crippen LogP contribution < -0.4 is 14.8 Å². The lowest BCUT2D eigenvalue weighted by Gasteiger charge is -2.10. The first-order valence-corrected chi connectivity index (χ1v) is 9.27. The van der Waals surface area contributed by atoms with Gasteiger partial charge < -0.3 is 14.8 Å². The number of methoxy groups -OCH3 is 1. The predicted octanol–water partition coefficient (Wildman–Crippen LogP) is 3.76. The number of hydrogen-bond donors (Lipinski definition) is 1. The summed E-state index contributed by atoms with van der Waals surface area (Å²) in [4.78, 5) is 33.7. The van der Waals surface area contributed by atoms with Gasteiger partial charge in [0, 0.05) is 12.1 Å². The maximum atomic E-state index is 12.5. The van der Waals surface area contributed by atoms with E-state index in [9.17, 15) is 25.0 Å². The van der Waals surface area contributed by atoms with Crippen molar-refractivity contribution in [2.45, 2.75) is 20.4 Å². The minimum absolute atomic E-state index is 0.128. The number of ether oxygens (including phenoxy) is 2. The second-order valence-electron chi connectivity index (χ2n) is 6.73. The Morgan fingerprint density at radius 3 is 2.25 bits per heavy atom. The van der Waals surface area contributed by atoms with E-state index in [0.717, 1.165) is 0 Å². The lowest BCUT2D eigenvalue weighted by atomic mass is 10.2. The third-order valence-electron chi connectivity index (χ3n) is 4.50. The Morgan fingerprint density at radius 1 is 1.03 bits per heavy atom. The van der Waals surface area contributed by atoms with Gasteiger partial charge in [0.05, 0.1) is 28.7 Å². The molecule has 0 aliphatic carbocycles. The lowest BCUT2D eigenvalue weighted by molar-refractivity contribution is -0.386. The molecule has 12 heteroatoms. The summed E-state index contributed by atoms with van der Waals surface area (Å²) in [6.07, 6.45) is 0. The zero-order valence-electron chi connectivity index (χ0n) is 17.4. The first-order chi connectivity index (χ1) is 15.2. The van der Waals surface area contributed by atoms with Crippen LogP contribution in [-0.4, -0.2) is 32.6 Å². The van der Waals surface area contributed by atoms with Crippen molar-refractivity contribution < 1.29 is 24.1 Å². The summed E-state index contributed by atoms with van der Waals surface area (Å²) in [6.45, 7) is 2.65. The minimum atomic E-state index is -0.610. The number of hydrogen-bond acceptors (Lipinski definition) is 8. The molecule has 166 valence electrons. The highest BCUT2D eigenvalue weighted by molar-refractivity contribution is 5.91. The Morgan fingerprint density at radius 2 is 1.69 bits per heavy atom. The van der Waals surface area contributed by atoms with E-state index >= 15 is 0 Å². The summed E-state index contributed by atoms with van der Waals surface area (Å²) < 4.78 is 11.9. The molecule has 0 atom stereocenters. The Hall–Kier alpha value is -4.48. The van der Waals surface area contributed by atoms with Crippen LogP contribution in [0.5, 0.6) is 17.2 Å². The van der Waals surface area contributed by atoms with Crippen LogP contribution in [0, 0.1) is 34.1 Å². The molecule has 0 saturated heterocycles. The number of anilines is 1. The maximum Gasteiger partial charge on any atom is 0.312 e. The molecule has 1 aromatic heterocycles. The standard InChI is InChI=1S/C20H19N5O7/c1-12-20(25(29)30)13(2)23(22-12)11-19(26)21-14-8-15(24(27)28)10-18(9-14)32-17-6-4-16(31-3)5-7-17/h4-10H,11H2,1-3H3,(H,21,26). The van der Waals surface area contributed by atoms with E-state index in [2.05, 4.69) is 10.4 Å². The molecule has 3 rings (SSSR count). The van der Waals surface area contributed by atoms with Gasteiger partial charge in [0.2, 0.25) is 5.91 Å². The molecule has 1 heterocycles. The number of nitrogens with zero attached hydrogens (tertiary/aromatic N) is 4. The van der Waals surface area contributed by atoms with E-state index in [1.54, 1.807) is 24.3 Å². The number of carbonyl (C=O) groups excluding carboxylic acids is 1. The predicted molar refractivity (Wildman–Crippen MR) is 113 cm³/mol. The summed E-state index contributed by atoms with van der Waals surface area (Å²) >= 11 is 0. The van der Waals surface area contributed by atoms with Gasteiger partial charge in [0.25, 0.3) is 5.69 Å². The van der Waals surface area contributed by atoms with Crippen LogP contribution in [0.1, 0.15) is 11.4 Å². The van der Waals surface area contributed by atoms with Gasteiger partial charge in [-0.25, -0.2) is 0 Å². The van der Waals surface area contributed by atoms with E-state index < -0.39 is 15.8 Å². The Kier molecular flexibility index (Phi) is 6.33. The third kappa shape index (κ3) is 4.98. The van der Waals surface area contributed by atoms with E-state index in [1.807, 2.05) is 0 Å². The third-order valence-corrected chi connectivity index (χ3v) is 4.50. The zero-order valence-corrected chi connectivity index (χ0v) is 17.4. The topological polar surface area (TPSA) is 152 Å². The maximum absolute atomic E-state index is 12.5. The number of carbonyl (C=O) groups is 1. The number of nitro groups is 2. The van der Waals surface area contributed by atoms with Crippen molar-refractivity contribution in [3.63, 3.8) is 0 Å². The molecule has 12 nitrogen and oxygen atoms in total. The number of aromatic nitrogens is 2. The number of aryl methyl sites for hydroxylation is 1. The Bertz CT molecular complexity index is 1190. The highest BCUT2D eigenvalue weighted by atomic mass is 16.6. The second-order valence-corrected chi connectivity index (χ2v) is 6.73. The normalized spacial score (nSPS) is 10.5. The quantitative estimate of drug-likeness (QED) is 0.410. The molecule has 0 aliphatic heterocycles. The molecule has 1 N–H and O–H groups in total. The molecule has 0 unspecified atom stereocenters. The van der Waals surface area contributed by atoms with Crippen LogP contribution in [0.2, 0.25) is 0 Å². The van der Waals surface area contributed by atoms with Gasteiger partial charge in [0.1, 0.15) is 35.2 Å². The molecule has 0 spiro atoms. The van der Waals surface area contributed by atoms with Crippen molar-refractivity contribution in [3.8, 4) is 17.2 Å². The summed E-state index contributed by atoms with van der Waals surface area (Å²) in [5.41, 5.74) is 0.0937. The van der Waals surface area contributed by atoms with Gasteiger partial charge in [-0.05, 0) is 38.1 Å². The fraction of sp³-hybridized carbons (Fsp3) is 0.200. The zero-order chi connectivity index (χ0) is 23.4. The largest absolute Gasteiger partial charge is 0.497 e. The summed E-state index contributed by atoms with van der Waals surface area (Å²) in [6, 6.07) is 10.4. The molecule has 0 fully saturated rings. The van der Waals surface area contributed by atoms with Crippen LogP contribution >= 0.6 is 0 Å². The molecular formula is C20H19N5O7. The van der Waals surface area contributed by atoms with Crippen molar-refractivity contribution in [1.29, 1.82) is 0 Å². The van der Waals surface area contributed by atoms with Crippen molar-refractivity contribution in [3.05, 3.63) is 74.1 Å². The molecule has 0 aliphatic rings. The van der Waals surface area contributed by atoms with Gasteiger partial charge in [-0.3, -0.25) is 29.7 Å². The molecule has 32 heavy (non-hydrogen) atoms. The van der Waals surface area contributed by atoms with E-state index in [4.69, 9.17) is 9.47 Å². The number of amides is 1. The number of rotatable bonds is 8. The van der Waals surface area contributed by atoms with Crippen LogP contribution in [-0.2, 0) is 11.3 Å². The summed E-state index contributed by atoms with van der Waals surface area (Å²) in [5.74, 6) is 0.607. The van der Waals surface area contributed by atoms with Crippen molar-refractivity contribution in [2.75, 3.05) is 12.4 Å². The lowest BCUT2D eigenvalue weighted by Crippen LogP contribution is -2.20. The highest BCUT2D eigenvalue weighted by Gasteiger charge is 2.23. The van der Waals surface area contributed by atoms with Crippen LogP contribution in [0.25, 0.3) is 0 Å². The van der Waals surface area contributed by atoms with Gasteiger partial charge >= 0.3 is 5.69 Å². The smallest absolute Gasteiger partial charge is 0.312 e. The number of nitrogens with one attached hydrogen (secondary N) is 1. The van der Waals surface area contributed by atoms with Gasteiger partial charge in [-0.15, -0.1) is 0 Å². The van der Waals surface area contributed by atoms with E-state index in [0.29, 0.717) is 11.5 Å². The van der Waals surface area contributed by atoms with E-state index in [-0.39, 0.29) is 40.7 Å². The Labute approximate surface area is 181 Å². The molecular weight excluding hydrogens is 422 g/mol. The van der Waals surface area contributed by atoms with Gasteiger partial charge in [-0.1, -0.05) is 0 Å². The second kappa shape index (κ2) is 9.12. The van der Waals surface area contributed by atoms with Crippen molar-refractivity contribution >= 4 is 23.0 Å². The first kappa shape index (κ1) is 22.2. The van der Waals surface area contributed by atoms with Crippen LogP contribution in [0.3, 0.4) is 0 Å². The first-order valence-electron chi connectivity index (χ1n) is 9.27. The van der Waals surface area contributed by atoms with Crippen LogP contribution in [0.4, 0.5) is 17.1 Å². The van der Waals surface area contributed by atoms with E-state index in [1.165, 1.54) is 43.8 Å². The van der Waals surface area contributed by atoms with Gasteiger partial charge in [-0.2, -0.15) is 5.10 Å². The van der Waals surface area contributed by atoms with Crippen molar-refractivity contribution in [1.82, 2.24) is 9.78 Å². The monoisotopic (exact) mass is 441 g/mol. The number of non-ortho nitro benzene ring substituents is 1. The molecule has 1 amide bonds. The summed E-state index contributed by atoms with van der Waals surface area (Å²) in [5, 5.41) is 29.0. The molecule has 0 saturated carbocycles. The highest BCUT2D eigenvalue weighted by Crippen LogP contribution is 2.30. The number of benzene rings is 2. The number of nitro benzene ring substituents is 1. The Balaban J connectivity index is 1.81. The molecule has 3 aromatic rings. The van der Waals surface area contributed by atoms with Crippen LogP contribution in [0.15, 0.2) is 42.5 Å². The molecule has 0 radical (unpaired) electrons. The average molecular weight is 441 g/mol. The van der Waals surface area contributed by atoms with Crippen molar-refractivity contribution in [2.24, 2.45) is 0 Å². The summed E-state index contributed by atoms with van der Waals surface area (Å²) in [7, 11) is 1.52. The minimum Gasteiger partial charge on any atom is -0.497 e. The fourth-order valence-corrected chi connectivity index (χ4v) is 3.04. The molecule has 0 bridgehead atoms. The fourth-order valence-electron chi connectivity index (χ4n) is 3.04. The van der Waals surface area contributed by atoms with Gasteiger partial charge in [0.15, 0.2) is 0 Å². The molecule has 2 aromatic carbocycles. The SMILES string of the molecule is COc1ccc(Oc2cc(NC(=O)Cn3nc(C)c([N+](=O)[O-])c3C)cc([N+](=O)[O-])c2)cc1. The average Bonchev–Trinajstić information content (AvgIpc) is 3.01.